The predicted octanol–water partition coefficient (Wildman–Crippen LogP) is 25.3. The van der Waals surface area contributed by atoms with Crippen LogP contribution in [0.4, 0.5) is 101 Å². The third-order valence-electron chi connectivity index (χ3n) is 18.2. The number of aliphatic hydroxyl groups is 2. The molecule has 1 amide bonds. The van der Waals surface area contributed by atoms with Crippen LogP contribution in [0.3, 0.4) is 0 Å². The second-order valence-corrected chi connectivity index (χ2v) is 28.9. The molecule has 121 heavy (non-hydrogen) atoms. The van der Waals surface area contributed by atoms with Gasteiger partial charge in [-0.05, 0) is 188 Å². The maximum absolute atomic E-state index is 14.1. The minimum Gasteiger partial charge on any atom is -0.497 e. The Bertz CT molecular complexity index is 4680. The fraction of sp³-hybridized carbons (Fsp3) is 0.345. The highest BCUT2D eigenvalue weighted by Gasteiger charge is 2.41. The summed E-state index contributed by atoms with van der Waals surface area (Å²) in [6.07, 6.45) is -29.8. The number of hydrogen-bond acceptors (Lipinski definition) is 10. The van der Waals surface area contributed by atoms with Crippen LogP contribution in [-0.4, -0.2) is 68.0 Å². The fourth-order valence-electron chi connectivity index (χ4n) is 11.9. The molecule has 0 saturated carbocycles. The normalized spacial score (nSPS) is 13.6. The topological polar surface area (TPSA) is 156 Å². The van der Waals surface area contributed by atoms with E-state index in [0.29, 0.717) is 78.9 Å². The molecule has 37 heteroatoms. The molecule has 0 unspecified atom stereocenters. The van der Waals surface area contributed by atoms with Gasteiger partial charge in [-0.25, -0.2) is 22.4 Å². The number of rotatable bonds is 17. The van der Waals surface area contributed by atoms with Gasteiger partial charge in [0.2, 0.25) is 0 Å². The average molecular weight is 1800 g/mol. The molecule has 0 spiro atoms. The van der Waals surface area contributed by atoms with Crippen molar-refractivity contribution in [2.24, 2.45) is 0 Å². The number of benzene rings is 9. The molecule has 0 aromatic heterocycles. The van der Waals surface area contributed by atoms with Gasteiger partial charge in [-0.3, -0.25) is 0 Å². The minimum absolute atomic E-state index is 0.0200. The summed E-state index contributed by atoms with van der Waals surface area (Å²) < 4.78 is 309. The molecule has 1 saturated heterocycles. The summed E-state index contributed by atoms with van der Waals surface area (Å²) in [5.41, 5.74) is -0.794. The van der Waals surface area contributed by atoms with E-state index < -0.39 is 132 Å². The van der Waals surface area contributed by atoms with Gasteiger partial charge >= 0.3 is 50.3 Å². The van der Waals surface area contributed by atoms with Gasteiger partial charge in [0.15, 0.2) is 0 Å². The van der Waals surface area contributed by atoms with Crippen LogP contribution < -0.4 is 29.7 Å². The molecule has 9 aromatic rings. The molecule has 10 rings (SSSR count). The molecular weight excluding hydrogens is 1720 g/mol. The molecule has 0 aliphatic carbocycles. The number of cyclic esters (lactones) is 1. The third-order valence-corrected chi connectivity index (χ3v) is 19.2. The van der Waals surface area contributed by atoms with Crippen molar-refractivity contribution < 1.29 is 145 Å². The monoisotopic (exact) mass is 1800 g/mol. The first-order chi connectivity index (χ1) is 55.9. The SMILES string of the molecule is COc1cc(F)c(C(C)C)cc1-c1ccc(C(F)(F)F)cc1CCl.COc1cc(F)c(C(C)C)cc1-c1ccc(C(F)(F)F)cc1CCl.COc1cc(F)c(C(C)C)cc1-c1ccc(C(F)(F)F)cc1CO.COc1cc(F)c(C(C)C)cc1B(O)O.C[C@@H]1NC(=O)O[C@@H]1c1cc(C(F)(F)F)cc(C(F)(F)F)c1.OCc1cc(C(F)(F)F)ccc1Cl. The van der Waals surface area contributed by atoms with Gasteiger partial charge in [0.1, 0.15) is 52.4 Å². The zero-order chi connectivity index (χ0) is 91.9. The Labute approximate surface area is 697 Å². The van der Waals surface area contributed by atoms with E-state index in [1.54, 1.807) is 18.2 Å². The average Bonchev–Trinajstić information content (AvgIpc) is 1.75. The number of carbonyl (C=O) groups is 1. The Balaban J connectivity index is 0.000000261. The molecule has 1 aliphatic rings. The second kappa shape index (κ2) is 42.7. The smallest absolute Gasteiger partial charge is 0.492 e. The van der Waals surface area contributed by atoms with Crippen LogP contribution in [0.1, 0.15) is 176 Å². The van der Waals surface area contributed by atoms with Crippen molar-refractivity contribution in [1.82, 2.24) is 5.32 Å². The first-order valence-electron chi connectivity index (χ1n) is 35.9. The van der Waals surface area contributed by atoms with E-state index in [2.05, 4.69) is 5.32 Å². The van der Waals surface area contributed by atoms with Crippen LogP contribution in [0.15, 0.2) is 140 Å². The van der Waals surface area contributed by atoms with Crippen LogP contribution in [-0.2, 0) is 66.8 Å². The van der Waals surface area contributed by atoms with Gasteiger partial charge in [-0.15, -0.1) is 23.2 Å². The van der Waals surface area contributed by atoms with Crippen molar-refractivity contribution in [1.29, 1.82) is 0 Å². The second-order valence-electron chi connectivity index (χ2n) is 27.9. The molecule has 0 bridgehead atoms. The molecule has 1 aliphatic heterocycles. The molecule has 0 radical (unpaired) electrons. The third kappa shape index (κ3) is 27.3. The van der Waals surface area contributed by atoms with Crippen LogP contribution in [0.25, 0.3) is 33.4 Å². The van der Waals surface area contributed by atoms with E-state index in [9.17, 15) is 106 Å². The van der Waals surface area contributed by atoms with Gasteiger partial charge in [0.25, 0.3) is 0 Å². The van der Waals surface area contributed by atoms with Crippen molar-refractivity contribution >= 4 is 53.5 Å². The Morgan fingerprint density at radius 3 is 0.934 bits per heavy atom. The predicted molar refractivity (Wildman–Crippen MR) is 415 cm³/mol. The fourth-order valence-corrected chi connectivity index (χ4v) is 12.5. The number of carbonyl (C=O) groups excluding carboxylic acids is 1. The van der Waals surface area contributed by atoms with Crippen LogP contribution in [0, 0.1) is 23.3 Å². The lowest BCUT2D eigenvalue weighted by atomic mass is 9.77. The highest BCUT2D eigenvalue weighted by Crippen LogP contribution is 2.46. The highest BCUT2D eigenvalue weighted by atomic mass is 35.5. The van der Waals surface area contributed by atoms with E-state index in [-0.39, 0.29) is 91.7 Å². The first-order valence-corrected chi connectivity index (χ1v) is 37.3. The molecule has 9 aromatic carbocycles. The summed E-state index contributed by atoms with van der Waals surface area (Å²) in [6.45, 7) is 15.0. The Morgan fingerprint density at radius 2 is 0.669 bits per heavy atom. The van der Waals surface area contributed by atoms with Crippen molar-refractivity contribution in [3.05, 3.63) is 251 Å². The maximum Gasteiger partial charge on any atom is 0.492 e. The summed E-state index contributed by atoms with van der Waals surface area (Å²) in [5.74, 6) is -1.30. The van der Waals surface area contributed by atoms with Crippen LogP contribution >= 0.6 is 34.8 Å². The van der Waals surface area contributed by atoms with Crippen molar-refractivity contribution in [3.8, 4) is 56.4 Å². The maximum atomic E-state index is 14.1. The van der Waals surface area contributed by atoms with Gasteiger partial charge in [0.05, 0.1) is 81.1 Å². The lowest BCUT2D eigenvalue weighted by molar-refractivity contribution is -0.143. The quantitative estimate of drug-likeness (QED) is 0.0338. The number of methoxy groups -OCH3 is 4. The van der Waals surface area contributed by atoms with E-state index >= 15 is 0 Å². The van der Waals surface area contributed by atoms with Crippen LogP contribution in [0.5, 0.6) is 23.0 Å². The zero-order valence-electron chi connectivity index (χ0n) is 66.3. The zero-order valence-corrected chi connectivity index (χ0v) is 68.6. The summed E-state index contributed by atoms with van der Waals surface area (Å²) in [6, 6.07) is 24.1. The standard InChI is InChI=1S/2C18H17ClF4O.C18H18F4O2.C12H9F6NO2.C10H14BFO3.C8H6ClF3O/c2*1-10(2)14-7-15(17(24-3)8-16(14)20)13-5-4-12(18(21,22)23)6-11(13)9-19;1-10(2)14-7-15(17(24-3)8-16(14)19)13-5-4-12(18(20,21)22)6-11(13)9-23;1-5-9(21-10(20)19-5)6-2-7(11(13,14)15)4-8(3-6)12(16,17)18;1-6(2)7-4-8(11(13)14)10(15-3)5-9(7)12;9-7-2-1-6(8(10,11)12)3-5(7)4-13/h2*4-8,10H,9H2,1-3H3;4-8,10,23H,9H2,1-3H3;2-5,9H,1H3,(H,19,20);4-6,13-14H,1-3H3;1-3,13H,4H2/t;;;5-,9-;;/m...0../s1. The van der Waals surface area contributed by atoms with Crippen molar-refractivity contribution in [2.45, 2.75) is 160 Å². The lowest BCUT2D eigenvalue weighted by Crippen LogP contribution is -2.32. The molecule has 660 valence electrons. The van der Waals surface area contributed by atoms with E-state index in [1.165, 1.54) is 83.9 Å². The van der Waals surface area contributed by atoms with E-state index in [4.69, 9.17) is 73.6 Å². The summed E-state index contributed by atoms with van der Waals surface area (Å²) in [5, 5.41) is 38.7. The molecule has 1 fully saturated rings. The summed E-state index contributed by atoms with van der Waals surface area (Å²) in [4.78, 5) is 11.0. The number of alkyl carbamates (subject to hydrolysis) is 1. The van der Waals surface area contributed by atoms with E-state index in [1.807, 2.05) is 55.4 Å². The number of aliphatic hydroxyl groups excluding tert-OH is 2. The number of nitrogens with one attached hydrogen (secondary N) is 1. The van der Waals surface area contributed by atoms with Gasteiger partial charge in [0, 0.05) is 63.2 Å². The molecule has 1 heterocycles. The summed E-state index contributed by atoms with van der Waals surface area (Å²) >= 11 is 17.2. The van der Waals surface area contributed by atoms with E-state index in [0.717, 1.165) is 54.6 Å². The van der Waals surface area contributed by atoms with Crippen molar-refractivity contribution in [2.75, 3.05) is 28.4 Å². The number of hydrogen-bond donors (Lipinski definition) is 5. The number of alkyl halides is 20. The lowest BCUT2D eigenvalue weighted by Gasteiger charge is -2.18. The molecule has 2 atom stereocenters. The van der Waals surface area contributed by atoms with Gasteiger partial charge in [-0.1, -0.05) is 91.3 Å². The van der Waals surface area contributed by atoms with Crippen molar-refractivity contribution in [3.63, 3.8) is 0 Å². The van der Waals surface area contributed by atoms with Gasteiger partial charge in [-0.2, -0.15) is 79.0 Å². The Kier molecular flexibility index (Phi) is 36.0. The number of halogens is 25. The molecule has 11 nitrogen and oxygen atoms in total. The first kappa shape index (κ1) is 102. The minimum atomic E-state index is -4.94. The summed E-state index contributed by atoms with van der Waals surface area (Å²) in [7, 11) is 3.83. The van der Waals surface area contributed by atoms with Crippen LogP contribution in [0.2, 0.25) is 5.02 Å². The molecular formula is C84H81BCl3F22NO10. The Morgan fingerprint density at radius 1 is 0.388 bits per heavy atom. The largest absolute Gasteiger partial charge is 0.497 e. The Hall–Kier alpha value is -9.32. The number of amides is 1. The number of ether oxygens (including phenoxy) is 5. The molecule has 5 N–H and O–H groups in total. The highest BCUT2D eigenvalue weighted by molar-refractivity contribution is 6.59. The van der Waals surface area contributed by atoms with Gasteiger partial charge < -0.3 is 49.3 Å².